The van der Waals surface area contributed by atoms with E-state index in [0.717, 1.165) is 44.3 Å². The number of rotatable bonds is 4. The minimum Gasteiger partial charge on any atom is -0.454 e. The van der Waals surface area contributed by atoms with Crippen molar-refractivity contribution in [3.8, 4) is 33.6 Å². The largest absolute Gasteiger partial charge is 0.454 e. The van der Waals surface area contributed by atoms with Gasteiger partial charge in [0.25, 0.3) is 0 Å². The molecule has 0 amide bonds. The summed E-state index contributed by atoms with van der Waals surface area (Å²) in [5.74, 6) is 0. The fraction of sp³-hybridized carbons (Fsp3) is 0. The van der Waals surface area contributed by atoms with Crippen molar-refractivity contribution in [3.05, 3.63) is 182 Å². The van der Waals surface area contributed by atoms with Crippen LogP contribution in [0.2, 0.25) is 0 Å². The second-order valence-electron chi connectivity index (χ2n) is 13.3. The standard InChI is InChI=1S/C48H30N2O/c1-3-13-31(14-4-1)32-23-26-35(27-24-32)50-43-21-11-8-19-39(43)46-40(30-41-38-18-9-12-22-45(38)51-48(41)47(46)50)33-25-28-37-36-17-7-10-20-42(36)49(44(37)29-33)34-15-5-2-6-16-34/h1-30H. The monoisotopic (exact) mass is 650 g/mol. The van der Waals surface area contributed by atoms with Gasteiger partial charge in [0.1, 0.15) is 5.58 Å². The molecule has 0 aliphatic rings. The molecule has 0 unspecified atom stereocenters. The second-order valence-corrected chi connectivity index (χ2v) is 13.3. The number of hydrogen-bond acceptors (Lipinski definition) is 1. The van der Waals surface area contributed by atoms with Gasteiger partial charge in [-0.3, -0.25) is 0 Å². The van der Waals surface area contributed by atoms with E-state index in [1.807, 2.05) is 0 Å². The van der Waals surface area contributed by atoms with Gasteiger partial charge in [0.2, 0.25) is 0 Å². The van der Waals surface area contributed by atoms with Crippen molar-refractivity contribution in [3.63, 3.8) is 0 Å². The van der Waals surface area contributed by atoms with Gasteiger partial charge in [0, 0.05) is 43.7 Å². The molecule has 11 aromatic rings. The quantitative estimate of drug-likeness (QED) is 0.186. The van der Waals surface area contributed by atoms with E-state index >= 15 is 0 Å². The molecule has 0 saturated heterocycles. The molecule has 0 aliphatic carbocycles. The van der Waals surface area contributed by atoms with E-state index in [1.54, 1.807) is 0 Å². The molecule has 3 aromatic heterocycles. The summed E-state index contributed by atoms with van der Waals surface area (Å²) in [7, 11) is 0. The van der Waals surface area contributed by atoms with Crippen LogP contribution in [0.4, 0.5) is 0 Å². The van der Waals surface area contributed by atoms with Crippen LogP contribution in [0.3, 0.4) is 0 Å². The van der Waals surface area contributed by atoms with E-state index in [-0.39, 0.29) is 0 Å². The fourth-order valence-electron chi connectivity index (χ4n) is 8.25. The molecule has 0 saturated carbocycles. The lowest BCUT2D eigenvalue weighted by atomic mass is 9.96. The minimum atomic E-state index is 0.891. The molecular weight excluding hydrogens is 621 g/mol. The van der Waals surface area contributed by atoms with Crippen molar-refractivity contribution >= 4 is 65.6 Å². The summed E-state index contributed by atoms with van der Waals surface area (Å²) >= 11 is 0. The first-order chi connectivity index (χ1) is 25.3. The maximum Gasteiger partial charge on any atom is 0.160 e. The van der Waals surface area contributed by atoms with Crippen LogP contribution >= 0.6 is 0 Å². The Morgan fingerprint density at radius 2 is 0.922 bits per heavy atom. The normalized spacial score (nSPS) is 11.9. The molecule has 0 aliphatic heterocycles. The lowest BCUT2D eigenvalue weighted by molar-refractivity contribution is 0.671. The lowest BCUT2D eigenvalue weighted by Crippen LogP contribution is -1.95. The van der Waals surface area contributed by atoms with Gasteiger partial charge in [0.15, 0.2) is 5.58 Å². The first-order valence-corrected chi connectivity index (χ1v) is 17.4. The molecule has 11 rings (SSSR count). The third kappa shape index (κ3) is 4.12. The van der Waals surface area contributed by atoms with Crippen LogP contribution in [0.15, 0.2) is 186 Å². The molecule has 0 bridgehead atoms. The number of aromatic nitrogens is 2. The van der Waals surface area contributed by atoms with Gasteiger partial charge < -0.3 is 13.6 Å². The Labute approximate surface area is 293 Å². The Hall–Kier alpha value is -6.84. The number of nitrogens with zero attached hydrogens (tertiary/aromatic N) is 2. The minimum absolute atomic E-state index is 0.891. The summed E-state index contributed by atoms with van der Waals surface area (Å²) in [4.78, 5) is 0. The third-order valence-electron chi connectivity index (χ3n) is 10.5. The first kappa shape index (κ1) is 28.0. The third-order valence-corrected chi connectivity index (χ3v) is 10.5. The van der Waals surface area contributed by atoms with E-state index in [4.69, 9.17) is 4.42 Å². The predicted molar refractivity (Wildman–Crippen MR) is 213 cm³/mol. The molecule has 0 fully saturated rings. The van der Waals surface area contributed by atoms with Crippen molar-refractivity contribution in [1.29, 1.82) is 0 Å². The zero-order valence-corrected chi connectivity index (χ0v) is 27.6. The summed E-state index contributed by atoms with van der Waals surface area (Å²) in [6.07, 6.45) is 0. The highest BCUT2D eigenvalue weighted by Gasteiger charge is 2.23. The maximum atomic E-state index is 6.80. The van der Waals surface area contributed by atoms with Crippen molar-refractivity contribution in [2.45, 2.75) is 0 Å². The molecule has 3 heteroatoms. The highest BCUT2D eigenvalue weighted by atomic mass is 16.3. The van der Waals surface area contributed by atoms with Gasteiger partial charge in [-0.05, 0) is 76.9 Å². The van der Waals surface area contributed by atoms with Crippen LogP contribution in [0.1, 0.15) is 0 Å². The number of hydrogen-bond donors (Lipinski definition) is 0. The van der Waals surface area contributed by atoms with Crippen molar-refractivity contribution in [2.24, 2.45) is 0 Å². The van der Waals surface area contributed by atoms with E-state index in [0.29, 0.717) is 0 Å². The van der Waals surface area contributed by atoms with E-state index in [1.165, 1.54) is 54.8 Å². The van der Waals surface area contributed by atoms with Crippen LogP contribution < -0.4 is 0 Å². The van der Waals surface area contributed by atoms with Crippen molar-refractivity contribution in [2.75, 3.05) is 0 Å². The van der Waals surface area contributed by atoms with Crippen LogP contribution in [0, 0.1) is 0 Å². The summed E-state index contributed by atoms with van der Waals surface area (Å²) < 4.78 is 11.6. The zero-order chi connectivity index (χ0) is 33.5. The summed E-state index contributed by atoms with van der Waals surface area (Å²) in [6, 6.07) is 65.4. The van der Waals surface area contributed by atoms with Crippen LogP contribution in [0.5, 0.6) is 0 Å². The zero-order valence-electron chi connectivity index (χ0n) is 27.6. The predicted octanol–water partition coefficient (Wildman–Crippen LogP) is 13.1. The van der Waals surface area contributed by atoms with Gasteiger partial charge >= 0.3 is 0 Å². The van der Waals surface area contributed by atoms with Crippen LogP contribution in [-0.2, 0) is 0 Å². The van der Waals surface area contributed by atoms with Crippen LogP contribution in [-0.4, -0.2) is 9.13 Å². The Balaban J connectivity index is 1.26. The summed E-state index contributed by atoms with van der Waals surface area (Å²) in [5, 5.41) is 7.10. The molecule has 0 N–H and O–H groups in total. The van der Waals surface area contributed by atoms with E-state index in [9.17, 15) is 0 Å². The molecule has 3 heterocycles. The average Bonchev–Trinajstić information content (AvgIpc) is 3.86. The van der Waals surface area contributed by atoms with Gasteiger partial charge in [-0.15, -0.1) is 0 Å². The molecule has 0 spiro atoms. The van der Waals surface area contributed by atoms with Gasteiger partial charge in [-0.25, -0.2) is 0 Å². The molecular formula is C48H30N2O. The van der Waals surface area contributed by atoms with E-state index < -0.39 is 0 Å². The molecule has 0 radical (unpaired) electrons. The number of benzene rings is 8. The highest BCUT2D eigenvalue weighted by Crippen LogP contribution is 2.46. The van der Waals surface area contributed by atoms with Crippen molar-refractivity contribution in [1.82, 2.24) is 9.13 Å². The molecule has 238 valence electrons. The SMILES string of the molecule is c1ccc(-c2ccc(-n3c4ccccc4c4c(-c5ccc6c7ccccc7n(-c7ccccc7)c6c5)cc5c6ccccc6oc5c43)cc2)cc1. The topological polar surface area (TPSA) is 23.0 Å². The Bertz CT molecular complexity index is 3110. The fourth-order valence-corrected chi connectivity index (χ4v) is 8.25. The van der Waals surface area contributed by atoms with E-state index in [2.05, 4.69) is 191 Å². The molecule has 3 nitrogen and oxygen atoms in total. The number of furan rings is 1. The smallest absolute Gasteiger partial charge is 0.160 e. The van der Waals surface area contributed by atoms with Gasteiger partial charge in [-0.1, -0.05) is 127 Å². The number of para-hydroxylation sites is 4. The van der Waals surface area contributed by atoms with Gasteiger partial charge in [-0.2, -0.15) is 0 Å². The Morgan fingerprint density at radius 1 is 0.353 bits per heavy atom. The Kier molecular flexibility index (Phi) is 5.96. The number of fused-ring (bicyclic) bond motifs is 10. The summed E-state index contributed by atoms with van der Waals surface area (Å²) in [6.45, 7) is 0. The molecule has 0 atom stereocenters. The summed E-state index contributed by atoms with van der Waals surface area (Å²) in [5.41, 5.74) is 13.4. The van der Waals surface area contributed by atoms with Gasteiger partial charge in [0.05, 0.1) is 22.1 Å². The lowest BCUT2D eigenvalue weighted by Gasteiger charge is -2.12. The Morgan fingerprint density at radius 3 is 1.71 bits per heavy atom. The first-order valence-electron chi connectivity index (χ1n) is 17.4. The molecule has 51 heavy (non-hydrogen) atoms. The second kappa shape index (κ2) is 10.8. The molecule has 8 aromatic carbocycles. The maximum absolute atomic E-state index is 6.80. The van der Waals surface area contributed by atoms with Crippen LogP contribution in [0.25, 0.3) is 99.2 Å². The van der Waals surface area contributed by atoms with Crippen molar-refractivity contribution < 1.29 is 4.42 Å². The average molecular weight is 651 g/mol. The highest BCUT2D eigenvalue weighted by molar-refractivity contribution is 6.26.